The van der Waals surface area contributed by atoms with Gasteiger partial charge in [0, 0.05) is 11.1 Å². The van der Waals surface area contributed by atoms with E-state index in [4.69, 9.17) is 10.5 Å². The smallest absolute Gasteiger partial charge is 0.341 e. The fourth-order valence-corrected chi connectivity index (χ4v) is 2.34. The van der Waals surface area contributed by atoms with E-state index in [1.165, 1.54) is 0 Å². The van der Waals surface area contributed by atoms with Gasteiger partial charge >= 0.3 is 5.97 Å². The number of aliphatic hydroxyl groups excluding tert-OH is 1. The first-order valence-corrected chi connectivity index (χ1v) is 5.84. The molecule has 2 aromatic carbocycles. The monoisotopic (exact) mass is 267 g/mol. The highest BCUT2D eigenvalue weighted by molar-refractivity contribution is 6.36. The van der Waals surface area contributed by atoms with Crippen LogP contribution in [0.2, 0.25) is 0 Å². The zero-order valence-electron chi connectivity index (χ0n) is 10.2. The highest BCUT2D eigenvalue weighted by Gasteiger charge is 2.33. The summed E-state index contributed by atoms with van der Waals surface area (Å²) in [5, 5.41) is 28.2. The van der Waals surface area contributed by atoms with Gasteiger partial charge in [-0.25, -0.2) is 4.79 Å². The number of fused-ring (bicyclic) bond motifs is 2. The third-order valence-electron chi connectivity index (χ3n) is 3.32. The molecule has 0 aromatic heterocycles. The van der Waals surface area contributed by atoms with Gasteiger partial charge < -0.3 is 10.2 Å². The largest absolute Gasteiger partial charge is 0.503 e. The first kappa shape index (κ1) is 12.1. The molecule has 3 N–H and O–H groups in total. The maximum atomic E-state index is 12.1. The van der Waals surface area contributed by atoms with Crippen molar-refractivity contribution in [2.75, 3.05) is 0 Å². The van der Waals surface area contributed by atoms with Crippen molar-refractivity contribution in [1.82, 2.24) is 0 Å². The van der Waals surface area contributed by atoms with Gasteiger partial charge in [-0.3, -0.25) is 10.2 Å². The molecule has 0 bridgehead atoms. The molecule has 20 heavy (non-hydrogen) atoms. The number of hydrogen-bond acceptors (Lipinski definition) is 4. The molecular weight excluding hydrogens is 258 g/mol. The number of carboxylic acids is 1. The number of carbonyl (C=O) groups is 2. The fourth-order valence-electron chi connectivity index (χ4n) is 2.34. The number of Topliss-reactive ketones (excluding diaryl/α,β-unsaturated/α-hetero) is 1. The Balaban J connectivity index is 2.35. The molecule has 0 unspecified atom stereocenters. The van der Waals surface area contributed by atoms with Crippen LogP contribution in [-0.4, -0.2) is 27.7 Å². The SMILES string of the molecule is N=C1C(C(=O)O)=C(O)C(=O)c2cc3ccccc3cc21. The van der Waals surface area contributed by atoms with Crippen LogP contribution in [-0.2, 0) is 4.79 Å². The van der Waals surface area contributed by atoms with Crippen molar-refractivity contribution in [3.63, 3.8) is 0 Å². The molecule has 0 atom stereocenters. The predicted molar refractivity (Wildman–Crippen MR) is 72.4 cm³/mol. The van der Waals surface area contributed by atoms with E-state index >= 15 is 0 Å². The first-order valence-electron chi connectivity index (χ1n) is 5.84. The molecule has 1 aliphatic carbocycles. The topological polar surface area (TPSA) is 98.5 Å². The molecular formula is C15H9NO4. The second kappa shape index (κ2) is 4.03. The molecule has 0 fully saturated rings. The maximum absolute atomic E-state index is 12.1. The van der Waals surface area contributed by atoms with Gasteiger partial charge in [0.2, 0.25) is 5.78 Å². The number of rotatable bonds is 1. The summed E-state index contributed by atoms with van der Waals surface area (Å²) in [7, 11) is 0. The molecule has 98 valence electrons. The Bertz CT molecular complexity index is 833. The molecule has 0 aliphatic heterocycles. The van der Waals surface area contributed by atoms with Crippen LogP contribution in [0.3, 0.4) is 0 Å². The summed E-state index contributed by atoms with van der Waals surface area (Å²) in [5.41, 5.74) is -0.631. The number of carbonyl (C=O) groups excluding carboxylic acids is 1. The zero-order chi connectivity index (χ0) is 14.4. The normalized spacial score (nSPS) is 14.6. The van der Waals surface area contributed by atoms with Gasteiger partial charge in [0.05, 0.1) is 5.71 Å². The lowest BCUT2D eigenvalue weighted by Gasteiger charge is -2.18. The molecule has 0 saturated heterocycles. The van der Waals surface area contributed by atoms with Gasteiger partial charge in [0.15, 0.2) is 5.76 Å². The summed E-state index contributed by atoms with van der Waals surface area (Å²) in [5.74, 6) is -3.14. The second-order valence-electron chi connectivity index (χ2n) is 4.48. The van der Waals surface area contributed by atoms with Gasteiger partial charge in [0.1, 0.15) is 5.57 Å². The molecule has 5 nitrogen and oxygen atoms in total. The lowest BCUT2D eigenvalue weighted by atomic mass is 9.86. The lowest BCUT2D eigenvalue weighted by Crippen LogP contribution is -2.26. The van der Waals surface area contributed by atoms with Gasteiger partial charge in [-0.05, 0) is 22.9 Å². The number of nitrogens with one attached hydrogen (secondary N) is 1. The summed E-state index contributed by atoms with van der Waals surface area (Å²) in [4.78, 5) is 23.1. The average Bonchev–Trinajstić information content (AvgIpc) is 2.43. The van der Waals surface area contributed by atoms with Crippen LogP contribution in [0.5, 0.6) is 0 Å². The van der Waals surface area contributed by atoms with E-state index in [1.54, 1.807) is 18.2 Å². The Labute approximate surface area is 113 Å². The molecule has 0 amide bonds. The van der Waals surface area contributed by atoms with E-state index < -0.39 is 23.1 Å². The summed E-state index contributed by atoms with van der Waals surface area (Å²) in [6.45, 7) is 0. The van der Waals surface area contributed by atoms with Gasteiger partial charge in [-0.15, -0.1) is 0 Å². The molecule has 3 rings (SSSR count). The van der Waals surface area contributed by atoms with E-state index in [1.807, 2.05) is 18.2 Å². The minimum atomic E-state index is -1.49. The molecule has 0 saturated carbocycles. The standard InChI is InChI=1S/C15H9NO4/c16-12-9-5-7-3-1-2-4-8(7)6-10(9)13(17)14(18)11(12)15(19)20/h1-6,16,18H,(H,19,20). The van der Waals surface area contributed by atoms with Crippen LogP contribution in [0.15, 0.2) is 47.7 Å². The van der Waals surface area contributed by atoms with E-state index in [-0.39, 0.29) is 16.8 Å². The third-order valence-corrected chi connectivity index (χ3v) is 3.32. The van der Waals surface area contributed by atoms with Crippen molar-refractivity contribution in [1.29, 1.82) is 5.41 Å². The van der Waals surface area contributed by atoms with Crippen molar-refractivity contribution >= 4 is 28.2 Å². The van der Waals surface area contributed by atoms with Crippen molar-refractivity contribution in [3.8, 4) is 0 Å². The van der Waals surface area contributed by atoms with Crippen molar-refractivity contribution in [2.45, 2.75) is 0 Å². The third kappa shape index (κ3) is 1.53. The van der Waals surface area contributed by atoms with E-state index in [2.05, 4.69) is 0 Å². The van der Waals surface area contributed by atoms with E-state index in [0.717, 1.165) is 10.8 Å². The Morgan fingerprint density at radius 2 is 1.60 bits per heavy atom. The minimum absolute atomic E-state index is 0.149. The van der Waals surface area contributed by atoms with Crippen molar-refractivity contribution in [2.24, 2.45) is 0 Å². The number of hydrogen-bond donors (Lipinski definition) is 3. The summed E-state index contributed by atoms with van der Waals surface area (Å²) in [6, 6.07) is 10.4. The summed E-state index contributed by atoms with van der Waals surface area (Å²) >= 11 is 0. The second-order valence-corrected chi connectivity index (χ2v) is 4.48. The van der Waals surface area contributed by atoms with Gasteiger partial charge in [-0.2, -0.15) is 0 Å². The number of allylic oxidation sites excluding steroid dienone is 1. The molecule has 0 spiro atoms. The van der Waals surface area contributed by atoms with Gasteiger partial charge in [-0.1, -0.05) is 24.3 Å². The molecule has 1 aliphatic rings. The van der Waals surface area contributed by atoms with Crippen molar-refractivity contribution in [3.05, 3.63) is 58.9 Å². The summed E-state index contributed by atoms with van der Waals surface area (Å²) < 4.78 is 0. The minimum Gasteiger partial charge on any atom is -0.503 e. The van der Waals surface area contributed by atoms with E-state index in [9.17, 15) is 14.7 Å². The van der Waals surface area contributed by atoms with Gasteiger partial charge in [0.25, 0.3) is 0 Å². The predicted octanol–water partition coefficient (Wildman–Crippen LogP) is 2.30. The van der Waals surface area contributed by atoms with Crippen LogP contribution in [0.25, 0.3) is 10.8 Å². The molecule has 2 aromatic rings. The number of aliphatic hydroxyl groups is 1. The quantitative estimate of drug-likeness (QED) is 0.738. The lowest BCUT2D eigenvalue weighted by molar-refractivity contribution is -0.132. The van der Waals surface area contributed by atoms with Crippen LogP contribution in [0, 0.1) is 5.41 Å². The maximum Gasteiger partial charge on any atom is 0.341 e. The highest BCUT2D eigenvalue weighted by atomic mass is 16.4. The zero-order valence-corrected chi connectivity index (χ0v) is 10.2. The first-order chi connectivity index (χ1) is 9.50. The Morgan fingerprint density at radius 3 is 2.15 bits per heavy atom. The number of aliphatic carboxylic acids is 1. The van der Waals surface area contributed by atoms with Crippen LogP contribution >= 0.6 is 0 Å². The number of ketones is 1. The van der Waals surface area contributed by atoms with Crippen LogP contribution < -0.4 is 0 Å². The Morgan fingerprint density at radius 1 is 1.05 bits per heavy atom. The molecule has 0 heterocycles. The number of carboxylic acid groups (broad SMARTS) is 1. The summed E-state index contributed by atoms with van der Waals surface area (Å²) in [6.07, 6.45) is 0. The average molecular weight is 267 g/mol. The molecule has 5 heteroatoms. The molecule has 0 radical (unpaired) electrons. The van der Waals surface area contributed by atoms with Crippen LogP contribution in [0.1, 0.15) is 15.9 Å². The highest BCUT2D eigenvalue weighted by Crippen LogP contribution is 2.29. The number of benzene rings is 2. The Hall–Kier alpha value is -2.95. The van der Waals surface area contributed by atoms with Crippen LogP contribution in [0.4, 0.5) is 0 Å². The Kier molecular flexibility index (Phi) is 2.44. The fraction of sp³-hybridized carbons (Fsp3) is 0. The van der Waals surface area contributed by atoms with E-state index in [0.29, 0.717) is 0 Å². The van der Waals surface area contributed by atoms with Crippen molar-refractivity contribution < 1.29 is 19.8 Å².